The van der Waals surface area contributed by atoms with E-state index < -0.39 is 27.2 Å². The lowest BCUT2D eigenvalue weighted by Crippen LogP contribution is -2.34. The molecule has 1 fully saturated rings. The molecule has 166 valence electrons. The zero-order chi connectivity index (χ0) is 27.8. The van der Waals surface area contributed by atoms with E-state index in [1.54, 1.807) is 17.7 Å². The molecule has 0 spiro atoms. The van der Waals surface area contributed by atoms with E-state index in [-0.39, 0.29) is 5.56 Å². The smallest absolute Gasteiger partial charge is 0.216 e. The van der Waals surface area contributed by atoms with Crippen LogP contribution in [0.2, 0.25) is 25.2 Å². The van der Waals surface area contributed by atoms with Crippen LogP contribution in [0.4, 0.5) is 0 Å². The van der Waals surface area contributed by atoms with Crippen molar-refractivity contribution in [2.75, 3.05) is 0 Å². The van der Waals surface area contributed by atoms with Crippen LogP contribution in [-0.2, 0) is 13.4 Å². The molecule has 0 unspecified atom stereocenters. The van der Waals surface area contributed by atoms with Gasteiger partial charge in [0, 0.05) is 38.7 Å². The highest BCUT2D eigenvalue weighted by Gasteiger charge is 2.32. The van der Waals surface area contributed by atoms with Crippen LogP contribution >= 0.6 is 0 Å². The second-order valence-electron chi connectivity index (χ2n) is 10.0. The van der Waals surface area contributed by atoms with Crippen molar-refractivity contribution in [3.8, 4) is 11.3 Å². The zero-order valence-electron chi connectivity index (χ0n) is 25.7. The summed E-state index contributed by atoms with van der Waals surface area (Å²) < 4.78 is 59.8. The molecule has 0 saturated carbocycles. The predicted molar refractivity (Wildman–Crippen MR) is 138 cm³/mol. The van der Waals surface area contributed by atoms with E-state index in [4.69, 9.17) is 11.3 Å². The molecule has 1 saturated heterocycles. The molecule has 0 atom stereocenters. The number of pyridine rings is 1. The minimum Gasteiger partial charge on any atom is -0.455 e. The van der Waals surface area contributed by atoms with Crippen molar-refractivity contribution in [1.29, 1.82) is 0 Å². The Labute approximate surface area is 201 Å². The minimum atomic E-state index is -2.35. The van der Waals surface area contributed by atoms with Gasteiger partial charge in [-0.05, 0) is 67.7 Å². The molecule has 1 aliphatic heterocycles. The maximum atomic E-state index is 9.51. The summed E-state index contributed by atoms with van der Waals surface area (Å²) >= 11 is 0. The normalized spacial score (nSPS) is 21.4. The van der Waals surface area contributed by atoms with Gasteiger partial charge in [-0.2, -0.15) is 0 Å². The first-order chi connectivity index (χ1) is 17.5. The van der Waals surface area contributed by atoms with Crippen LogP contribution in [-0.4, -0.2) is 8.07 Å². The van der Waals surface area contributed by atoms with Crippen LogP contribution in [0.1, 0.15) is 56.1 Å². The summed E-state index contributed by atoms with van der Waals surface area (Å²) in [6, 6.07) is 13.5. The van der Waals surface area contributed by atoms with Gasteiger partial charge in [-0.1, -0.05) is 50.3 Å². The molecule has 2 aromatic heterocycles. The zero-order valence-corrected chi connectivity index (χ0v) is 20.7. The van der Waals surface area contributed by atoms with Gasteiger partial charge in [0.15, 0.2) is 6.20 Å². The quantitative estimate of drug-likeness (QED) is 0.230. The maximum absolute atomic E-state index is 9.51. The van der Waals surface area contributed by atoms with Gasteiger partial charge in [0.05, 0.1) is 5.56 Å². The maximum Gasteiger partial charge on any atom is 0.216 e. The lowest BCUT2D eigenvalue weighted by atomic mass is 9.88. The number of hydrogen-bond acceptors (Lipinski definition) is 1. The minimum absolute atomic E-state index is 0.223. The van der Waals surface area contributed by atoms with Crippen LogP contribution in [0.5, 0.6) is 0 Å². The number of furan rings is 1. The van der Waals surface area contributed by atoms with Gasteiger partial charge >= 0.3 is 0 Å². The number of para-hydroxylation sites is 1. The van der Waals surface area contributed by atoms with Crippen LogP contribution < -0.4 is 4.57 Å². The Kier molecular flexibility index (Phi) is 3.80. The second kappa shape index (κ2) is 7.88. The number of benzene rings is 2. The van der Waals surface area contributed by atoms with E-state index >= 15 is 0 Å². The molecule has 32 heavy (non-hydrogen) atoms. The van der Waals surface area contributed by atoms with Crippen LogP contribution in [0, 0.1) is 13.8 Å². The molecule has 5 rings (SSSR count). The molecule has 0 bridgehead atoms. The highest BCUT2D eigenvalue weighted by atomic mass is 28.3. The van der Waals surface area contributed by atoms with Crippen molar-refractivity contribution >= 4 is 30.0 Å². The standard InChI is InChI=1S/C29H36NOSi/c1-7-21-16-25-23-10-8-9-11-27(23)31-29(25)28(20(21)3)26-17-24(19(2)18-30(26)4)22-12-14-32(5,6)15-13-22/h8-11,16-18,22H,7,12-15H2,1-6H3/q+1/i2D3,7D2,22D. The Hall–Kier alpha value is -2.39. The number of rotatable bonds is 3. The van der Waals surface area contributed by atoms with Crippen molar-refractivity contribution in [2.24, 2.45) is 7.05 Å². The number of aromatic nitrogens is 1. The SMILES string of the molecule is [2H]C([2H])([2H])c1c[n+](C)c(-c2c(C)c(C([2H])([2H])C)cc3c2oc2ccccc23)cc1C1([2H])CC[Si](C)(C)CC1. The van der Waals surface area contributed by atoms with Crippen molar-refractivity contribution < 1.29 is 17.2 Å². The van der Waals surface area contributed by atoms with Crippen molar-refractivity contribution in [3.05, 3.63) is 64.8 Å². The van der Waals surface area contributed by atoms with E-state index in [1.807, 2.05) is 50.4 Å². The number of nitrogens with zero attached hydrogens (tertiary/aromatic N) is 1. The third kappa shape index (κ3) is 3.51. The van der Waals surface area contributed by atoms with Gasteiger partial charge in [-0.15, -0.1) is 0 Å². The average molecular weight is 449 g/mol. The molecule has 3 heterocycles. The molecule has 1 aliphatic rings. The van der Waals surface area contributed by atoms with E-state index in [2.05, 4.69) is 13.1 Å². The highest BCUT2D eigenvalue weighted by Crippen LogP contribution is 2.42. The summed E-state index contributed by atoms with van der Waals surface area (Å²) in [5.74, 6) is -0.979. The average Bonchev–Trinajstić information content (AvgIpc) is 3.18. The van der Waals surface area contributed by atoms with Crippen LogP contribution in [0.25, 0.3) is 33.2 Å². The van der Waals surface area contributed by atoms with Gasteiger partial charge in [0.1, 0.15) is 18.2 Å². The fourth-order valence-corrected chi connectivity index (χ4v) is 7.42. The van der Waals surface area contributed by atoms with Crippen molar-refractivity contribution in [2.45, 2.75) is 71.0 Å². The van der Waals surface area contributed by atoms with Gasteiger partial charge < -0.3 is 4.42 Å². The molecular formula is C29H36NOSi+. The van der Waals surface area contributed by atoms with Crippen molar-refractivity contribution in [3.63, 3.8) is 0 Å². The lowest BCUT2D eigenvalue weighted by Gasteiger charge is -2.33. The van der Waals surface area contributed by atoms with Crippen LogP contribution in [0.15, 0.2) is 47.0 Å². The predicted octanol–water partition coefficient (Wildman–Crippen LogP) is 7.84. The highest BCUT2D eigenvalue weighted by molar-refractivity contribution is 6.77. The van der Waals surface area contributed by atoms with Gasteiger partial charge in [-0.3, -0.25) is 0 Å². The first-order valence-corrected chi connectivity index (χ1v) is 14.9. The molecule has 0 aliphatic carbocycles. The van der Waals surface area contributed by atoms with Gasteiger partial charge in [-0.25, -0.2) is 4.57 Å². The largest absolute Gasteiger partial charge is 0.455 e. The van der Waals surface area contributed by atoms with E-state index in [9.17, 15) is 1.37 Å². The Balaban J connectivity index is 1.86. The Morgan fingerprint density at radius 2 is 1.94 bits per heavy atom. The topological polar surface area (TPSA) is 17.0 Å². The van der Waals surface area contributed by atoms with E-state index in [0.29, 0.717) is 29.6 Å². The van der Waals surface area contributed by atoms with E-state index in [1.165, 1.54) is 0 Å². The molecular weight excluding hydrogens is 406 g/mol. The lowest BCUT2D eigenvalue weighted by molar-refractivity contribution is -0.660. The fourth-order valence-electron chi connectivity index (χ4n) is 5.21. The first kappa shape index (κ1) is 15.4. The van der Waals surface area contributed by atoms with Crippen molar-refractivity contribution in [1.82, 2.24) is 0 Å². The monoisotopic (exact) mass is 448 g/mol. The summed E-state index contributed by atoms with van der Waals surface area (Å²) in [5.41, 5.74) is 4.95. The summed E-state index contributed by atoms with van der Waals surface area (Å²) in [4.78, 5) is 0. The molecule has 3 heteroatoms. The van der Waals surface area contributed by atoms with E-state index in [0.717, 1.165) is 45.3 Å². The Bertz CT molecular complexity index is 1550. The molecule has 0 N–H and O–H groups in total. The Morgan fingerprint density at radius 1 is 1.19 bits per heavy atom. The number of hydrogen-bond donors (Lipinski definition) is 0. The fraction of sp³-hybridized carbons (Fsp3) is 0.414. The third-order valence-electron chi connectivity index (χ3n) is 7.32. The summed E-state index contributed by atoms with van der Waals surface area (Å²) in [7, 11) is 0.443. The third-order valence-corrected chi connectivity index (χ3v) is 10.5. The molecule has 0 amide bonds. The molecule has 2 nitrogen and oxygen atoms in total. The first-order valence-electron chi connectivity index (χ1n) is 14.5. The summed E-state index contributed by atoms with van der Waals surface area (Å²) in [6.07, 6.45) is 1.37. The molecule has 0 radical (unpaired) electrons. The number of aryl methyl sites for hydroxylation is 3. The van der Waals surface area contributed by atoms with Gasteiger partial charge in [0.25, 0.3) is 0 Å². The summed E-state index contributed by atoms with van der Waals surface area (Å²) in [5, 5.41) is 1.74. The molecule has 4 aromatic rings. The van der Waals surface area contributed by atoms with Gasteiger partial charge in [0.2, 0.25) is 5.69 Å². The Morgan fingerprint density at radius 3 is 2.66 bits per heavy atom. The molecule has 2 aromatic carbocycles. The number of fused-ring (bicyclic) bond motifs is 3. The van der Waals surface area contributed by atoms with Crippen LogP contribution in [0.3, 0.4) is 0 Å². The summed E-state index contributed by atoms with van der Waals surface area (Å²) in [6.45, 7) is 5.81. The second-order valence-corrected chi connectivity index (χ2v) is 15.3.